The van der Waals surface area contributed by atoms with Crippen LogP contribution in [0.5, 0.6) is 0 Å². The summed E-state index contributed by atoms with van der Waals surface area (Å²) in [5, 5.41) is 25.1. The van der Waals surface area contributed by atoms with E-state index in [1.54, 1.807) is 10.6 Å². The fourth-order valence-electron chi connectivity index (χ4n) is 4.06. The number of carbonyl (C=O) groups is 2. The lowest BCUT2D eigenvalue weighted by atomic mass is 9.96. The molecule has 2 N–H and O–H groups in total. The van der Waals surface area contributed by atoms with Gasteiger partial charge in [0.25, 0.3) is 5.91 Å². The zero-order chi connectivity index (χ0) is 24.2. The Balaban J connectivity index is 1.37. The van der Waals surface area contributed by atoms with Crippen LogP contribution in [0.25, 0.3) is 0 Å². The van der Waals surface area contributed by atoms with Gasteiger partial charge in [0.2, 0.25) is 5.91 Å². The number of fused-ring (bicyclic) bond motifs is 1. The van der Waals surface area contributed by atoms with Crippen molar-refractivity contribution in [1.82, 2.24) is 20.1 Å². The largest absolute Gasteiger partial charge is 0.342 e. The molecule has 0 fully saturated rings. The number of thiophene rings is 1. The molecule has 3 aromatic rings. The normalized spacial score (nSPS) is 13.6. The molecule has 0 saturated carbocycles. The second-order valence-corrected chi connectivity index (χ2v) is 10.3. The van der Waals surface area contributed by atoms with Crippen LogP contribution in [-0.4, -0.2) is 32.3 Å². The molecule has 1 aromatic carbocycles. The van der Waals surface area contributed by atoms with Crippen LogP contribution in [0, 0.1) is 18.3 Å². The number of benzene rings is 1. The van der Waals surface area contributed by atoms with E-state index >= 15 is 0 Å². The van der Waals surface area contributed by atoms with Gasteiger partial charge in [-0.15, -0.1) is 21.5 Å². The Hall–Kier alpha value is -3.16. The first-order chi connectivity index (χ1) is 16.4. The zero-order valence-electron chi connectivity index (χ0n) is 19.3. The van der Waals surface area contributed by atoms with E-state index in [1.807, 2.05) is 39.1 Å². The molecule has 2 heterocycles. The van der Waals surface area contributed by atoms with Gasteiger partial charge in [0.05, 0.1) is 17.4 Å². The van der Waals surface area contributed by atoms with Crippen LogP contribution in [0.3, 0.4) is 0 Å². The second-order valence-electron chi connectivity index (χ2n) is 8.27. The van der Waals surface area contributed by atoms with Crippen molar-refractivity contribution in [1.29, 1.82) is 5.26 Å². The number of aromatic nitrogens is 3. The van der Waals surface area contributed by atoms with Crippen LogP contribution in [0.2, 0.25) is 0 Å². The average Bonchev–Trinajstić information content (AvgIpc) is 3.37. The molecule has 2 aromatic heterocycles. The fraction of sp³-hybridized carbons (Fsp3) is 0.375. The third-order valence-electron chi connectivity index (χ3n) is 5.86. The zero-order valence-corrected chi connectivity index (χ0v) is 21.0. The number of carbonyl (C=O) groups excluding carboxylic acids is 2. The Labute approximate surface area is 206 Å². The molecule has 0 radical (unpaired) electrons. The summed E-state index contributed by atoms with van der Waals surface area (Å²) in [6.45, 7) is 3.75. The molecular formula is C24H26N6O2S2. The Morgan fingerprint density at radius 2 is 2.03 bits per heavy atom. The van der Waals surface area contributed by atoms with E-state index in [0.29, 0.717) is 27.1 Å². The van der Waals surface area contributed by atoms with Gasteiger partial charge < -0.3 is 15.2 Å². The molecule has 176 valence electrons. The van der Waals surface area contributed by atoms with Gasteiger partial charge in [0.1, 0.15) is 11.1 Å². The van der Waals surface area contributed by atoms with Crippen LogP contribution < -0.4 is 10.6 Å². The van der Waals surface area contributed by atoms with Crippen molar-refractivity contribution in [3.63, 3.8) is 0 Å². The van der Waals surface area contributed by atoms with E-state index < -0.39 is 0 Å². The van der Waals surface area contributed by atoms with Gasteiger partial charge in [-0.25, -0.2) is 0 Å². The predicted octanol–water partition coefficient (Wildman–Crippen LogP) is 4.16. The quantitative estimate of drug-likeness (QED) is 0.477. The highest BCUT2D eigenvalue weighted by molar-refractivity contribution is 7.99. The fourth-order valence-corrected chi connectivity index (χ4v) is 6.03. The first-order valence-corrected chi connectivity index (χ1v) is 12.9. The summed E-state index contributed by atoms with van der Waals surface area (Å²) in [6.07, 6.45) is 4.08. The lowest BCUT2D eigenvalue weighted by Gasteiger charge is -2.14. The van der Waals surface area contributed by atoms with Gasteiger partial charge in [-0.05, 0) is 56.7 Å². The summed E-state index contributed by atoms with van der Waals surface area (Å²) >= 11 is 2.78. The van der Waals surface area contributed by atoms with Crippen LogP contribution in [-0.2, 0) is 24.7 Å². The van der Waals surface area contributed by atoms with Gasteiger partial charge in [-0.1, -0.05) is 30.0 Å². The maximum atomic E-state index is 12.6. The standard InChI is InChI=1S/C24H26N6O2S2/c1-14-8-4-5-9-16(14)22(32)26-15(2)21-28-29-24(30(21)3)33-13-20(31)27-23-18(12-25)17-10-6-7-11-19(17)34-23/h4-5,8-9,15H,6-7,10-11,13H2,1-3H3,(H,26,32)(H,27,31)/t15-/m1/s1. The van der Waals surface area contributed by atoms with E-state index in [0.717, 1.165) is 36.8 Å². The molecule has 4 rings (SSSR count). The van der Waals surface area contributed by atoms with Crippen molar-refractivity contribution in [3.05, 3.63) is 57.2 Å². The van der Waals surface area contributed by atoms with Crippen LogP contribution in [0.4, 0.5) is 5.00 Å². The lowest BCUT2D eigenvalue weighted by Crippen LogP contribution is -2.29. The second kappa shape index (κ2) is 10.4. The Bertz CT molecular complexity index is 1270. The molecule has 0 saturated heterocycles. The number of hydrogen-bond donors (Lipinski definition) is 2. The Morgan fingerprint density at radius 3 is 2.79 bits per heavy atom. The summed E-state index contributed by atoms with van der Waals surface area (Å²) in [4.78, 5) is 26.4. The number of amides is 2. The van der Waals surface area contributed by atoms with Gasteiger partial charge in [0.15, 0.2) is 11.0 Å². The Morgan fingerprint density at radius 1 is 1.26 bits per heavy atom. The molecule has 8 nitrogen and oxygen atoms in total. The van der Waals surface area contributed by atoms with E-state index in [9.17, 15) is 14.9 Å². The van der Waals surface area contributed by atoms with E-state index in [2.05, 4.69) is 26.9 Å². The van der Waals surface area contributed by atoms with E-state index in [1.165, 1.54) is 28.0 Å². The highest BCUT2D eigenvalue weighted by atomic mass is 32.2. The molecule has 1 atom stereocenters. The smallest absolute Gasteiger partial charge is 0.252 e. The molecule has 1 aliphatic carbocycles. The molecule has 0 aliphatic heterocycles. The Kier molecular flexibility index (Phi) is 7.34. The van der Waals surface area contributed by atoms with Crippen molar-refractivity contribution in [2.75, 3.05) is 11.1 Å². The number of thioether (sulfide) groups is 1. The van der Waals surface area contributed by atoms with Crippen molar-refractivity contribution in [3.8, 4) is 6.07 Å². The number of rotatable bonds is 7. The molecule has 0 unspecified atom stereocenters. The lowest BCUT2D eigenvalue weighted by molar-refractivity contribution is -0.113. The van der Waals surface area contributed by atoms with Crippen molar-refractivity contribution >= 4 is 39.9 Å². The van der Waals surface area contributed by atoms with E-state index in [-0.39, 0.29) is 23.6 Å². The molecule has 2 amide bonds. The van der Waals surface area contributed by atoms with Crippen LogP contribution in [0.1, 0.15) is 63.6 Å². The highest BCUT2D eigenvalue weighted by Gasteiger charge is 2.23. The summed E-state index contributed by atoms with van der Waals surface area (Å²) in [5.41, 5.74) is 3.23. The van der Waals surface area contributed by atoms with E-state index in [4.69, 9.17) is 0 Å². The minimum atomic E-state index is -0.358. The minimum absolute atomic E-state index is 0.142. The van der Waals surface area contributed by atoms with Crippen LogP contribution >= 0.6 is 23.1 Å². The van der Waals surface area contributed by atoms with Gasteiger partial charge in [-0.3, -0.25) is 9.59 Å². The summed E-state index contributed by atoms with van der Waals surface area (Å²) in [6, 6.07) is 9.32. The monoisotopic (exact) mass is 494 g/mol. The van der Waals surface area contributed by atoms with Gasteiger partial charge in [-0.2, -0.15) is 5.26 Å². The molecule has 34 heavy (non-hydrogen) atoms. The first kappa shape index (κ1) is 24.0. The van der Waals surface area contributed by atoms with Gasteiger partial charge in [0, 0.05) is 17.5 Å². The predicted molar refractivity (Wildman–Crippen MR) is 133 cm³/mol. The van der Waals surface area contributed by atoms with Crippen molar-refractivity contribution < 1.29 is 9.59 Å². The SMILES string of the molecule is Cc1ccccc1C(=O)N[C@H](C)c1nnc(SCC(=O)Nc2sc3c(c2C#N)CCCC3)n1C. The maximum absolute atomic E-state index is 12.6. The summed E-state index contributed by atoms with van der Waals surface area (Å²) < 4.78 is 1.78. The maximum Gasteiger partial charge on any atom is 0.252 e. The number of nitriles is 1. The average molecular weight is 495 g/mol. The first-order valence-electron chi connectivity index (χ1n) is 11.1. The van der Waals surface area contributed by atoms with Crippen molar-refractivity contribution in [2.24, 2.45) is 7.05 Å². The summed E-state index contributed by atoms with van der Waals surface area (Å²) in [7, 11) is 1.81. The van der Waals surface area contributed by atoms with Crippen molar-refractivity contribution in [2.45, 2.75) is 50.7 Å². The summed E-state index contributed by atoms with van der Waals surface area (Å²) in [5.74, 6) is 0.380. The number of nitrogens with one attached hydrogen (secondary N) is 2. The third kappa shape index (κ3) is 5.00. The number of nitrogens with zero attached hydrogens (tertiary/aromatic N) is 4. The molecule has 0 spiro atoms. The third-order valence-corrected chi connectivity index (χ3v) is 8.09. The van der Waals surface area contributed by atoms with Gasteiger partial charge >= 0.3 is 0 Å². The molecule has 1 aliphatic rings. The number of aryl methyl sites for hydroxylation is 2. The number of anilines is 1. The van der Waals surface area contributed by atoms with Crippen LogP contribution in [0.15, 0.2) is 29.4 Å². The molecular weight excluding hydrogens is 468 g/mol. The number of hydrogen-bond acceptors (Lipinski definition) is 7. The topological polar surface area (TPSA) is 113 Å². The highest BCUT2D eigenvalue weighted by Crippen LogP contribution is 2.37. The minimum Gasteiger partial charge on any atom is -0.342 e. The molecule has 10 heteroatoms. The molecule has 0 bridgehead atoms.